The Morgan fingerprint density at radius 2 is 2.00 bits per heavy atom. The van der Waals surface area contributed by atoms with E-state index in [4.69, 9.17) is 4.74 Å². The van der Waals surface area contributed by atoms with E-state index in [0.717, 1.165) is 49.8 Å². The number of hydrogen-bond acceptors (Lipinski definition) is 3. The Morgan fingerprint density at radius 3 is 2.53 bits per heavy atom. The molecule has 0 aliphatic carbocycles. The number of nitrogens with zero attached hydrogens (tertiary/aromatic N) is 2. The summed E-state index contributed by atoms with van der Waals surface area (Å²) in [6.45, 7) is 8.41. The normalized spacial score (nSPS) is 16.2. The van der Waals surface area contributed by atoms with E-state index in [9.17, 15) is 4.79 Å². The van der Waals surface area contributed by atoms with Crippen LogP contribution < -0.4 is 17.3 Å². The Bertz CT molecular complexity index is 439. The molecule has 5 nitrogen and oxygen atoms in total. The maximum atomic E-state index is 12.2. The Labute approximate surface area is 120 Å². The lowest BCUT2D eigenvalue weighted by atomic mass is 10.1. The van der Waals surface area contributed by atoms with Gasteiger partial charge in [0.1, 0.15) is 13.1 Å². The van der Waals surface area contributed by atoms with E-state index in [1.54, 1.807) is 4.68 Å². The predicted molar refractivity (Wildman–Crippen MR) is 68.0 cm³/mol. The summed E-state index contributed by atoms with van der Waals surface area (Å²) in [7, 11) is 1.88. The van der Waals surface area contributed by atoms with Gasteiger partial charge in [0.05, 0.1) is 37.4 Å². The van der Waals surface area contributed by atoms with E-state index in [1.807, 2.05) is 20.9 Å². The molecule has 0 unspecified atom stereocenters. The number of ether oxygens (including phenoxy) is 1. The molecule has 19 heavy (non-hydrogen) atoms. The van der Waals surface area contributed by atoms with Gasteiger partial charge >= 0.3 is 0 Å². The molecule has 1 saturated heterocycles. The fourth-order valence-corrected chi connectivity index (χ4v) is 2.50. The molecular formula is C13H22ClN3O2. The van der Waals surface area contributed by atoms with Gasteiger partial charge in [-0.25, -0.2) is 0 Å². The van der Waals surface area contributed by atoms with Crippen LogP contribution in [0.5, 0.6) is 0 Å². The van der Waals surface area contributed by atoms with Gasteiger partial charge in [0.25, 0.3) is 0 Å². The van der Waals surface area contributed by atoms with Crippen LogP contribution in [0.3, 0.4) is 0 Å². The van der Waals surface area contributed by atoms with E-state index >= 15 is 0 Å². The van der Waals surface area contributed by atoms with Gasteiger partial charge < -0.3 is 22.0 Å². The first kappa shape index (κ1) is 16.1. The quantitative estimate of drug-likeness (QED) is 0.586. The first-order valence-corrected chi connectivity index (χ1v) is 6.54. The predicted octanol–water partition coefficient (Wildman–Crippen LogP) is -3.47. The Balaban J connectivity index is 0.00000180. The number of rotatable bonds is 4. The number of halogens is 1. The highest BCUT2D eigenvalue weighted by Gasteiger charge is 2.20. The summed E-state index contributed by atoms with van der Waals surface area (Å²) < 4.78 is 7.10. The molecule has 2 heterocycles. The lowest BCUT2D eigenvalue weighted by molar-refractivity contribution is -0.907. The maximum Gasteiger partial charge on any atom is 0.172 e. The molecule has 0 spiro atoms. The van der Waals surface area contributed by atoms with Gasteiger partial charge in [-0.15, -0.1) is 0 Å². The van der Waals surface area contributed by atoms with Gasteiger partial charge in [0, 0.05) is 12.7 Å². The highest BCUT2D eigenvalue weighted by atomic mass is 35.5. The van der Waals surface area contributed by atoms with E-state index in [2.05, 4.69) is 5.10 Å². The number of Topliss-reactive ketones (excluding diaryl/α,β-unsaturated/α-hetero) is 1. The molecule has 1 N–H and O–H groups in total. The number of ketones is 1. The van der Waals surface area contributed by atoms with Crippen molar-refractivity contribution >= 4 is 5.78 Å². The van der Waals surface area contributed by atoms with Crippen molar-refractivity contribution in [3.05, 3.63) is 17.0 Å². The Morgan fingerprint density at radius 1 is 1.37 bits per heavy atom. The van der Waals surface area contributed by atoms with Crippen LogP contribution in [0, 0.1) is 13.8 Å². The monoisotopic (exact) mass is 287 g/mol. The Kier molecular flexibility index (Phi) is 5.97. The lowest BCUT2D eigenvalue weighted by Gasteiger charge is -2.23. The van der Waals surface area contributed by atoms with Crippen LogP contribution in [-0.2, 0) is 11.8 Å². The molecule has 1 aliphatic heterocycles. The van der Waals surface area contributed by atoms with Crippen LogP contribution in [0.1, 0.15) is 28.2 Å². The van der Waals surface area contributed by atoms with Gasteiger partial charge in [-0.05, 0) is 13.8 Å². The number of hydrogen-bond donors (Lipinski definition) is 1. The molecule has 0 aromatic carbocycles. The van der Waals surface area contributed by atoms with Crippen LogP contribution in [-0.4, -0.2) is 48.4 Å². The molecular weight excluding hydrogens is 266 g/mol. The minimum atomic E-state index is 0. The minimum absolute atomic E-state index is 0. The van der Waals surface area contributed by atoms with Crippen molar-refractivity contribution in [2.24, 2.45) is 7.05 Å². The van der Waals surface area contributed by atoms with Crippen molar-refractivity contribution in [3.8, 4) is 0 Å². The number of carbonyl (C=O) groups excluding carboxylic acids is 1. The summed E-state index contributed by atoms with van der Waals surface area (Å²) >= 11 is 0. The first-order valence-electron chi connectivity index (χ1n) is 6.54. The average molecular weight is 288 g/mol. The third-order valence-corrected chi connectivity index (χ3v) is 3.69. The summed E-state index contributed by atoms with van der Waals surface area (Å²) in [5, 5.41) is 4.30. The number of aromatic nitrogens is 2. The number of carbonyl (C=O) groups is 1. The highest BCUT2D eigenvalue weighted by Crippen LogP contribution is 2.13. The minimum Gasteiger partial charge on any atom is -1.00 e. The third kappa shape index (κ3) is 3.78. The van der Waals surface area contributed by atoms with Crippen LogP contribution in [0.25, 0.3) is 0 Å². The summed E-state index contributed by atoms with van der Waals surface area (Å²) in [6.07, 6.45) is 0.600. The zero-order chi connectivity index (χ0) is 13.1. The molecule has 1 fully saturated rings. The van der Waals surface area contributed by atoms with Crippen molar-refractivity contribution in [2.45, 2.75) is 20.3 Å². The molecule has 1 aromatic rings. The molecule has 108 valence electrons. The number of aryl methyl sites for hydroxylation is 2. The van der Waals surface area contributed by atoms with Crippen molar-refractivity contribution in [1.29, 1.82) is 0 Å². The topological polar surface area (TPSA) is 48.6 Å². The molecule has 2 rings (SSSR count). The van der Waals surface area contributed by atoms with Crippen molar-refractivity contribution in [1.82, 2.24) is 9.78 Å². The molecule has 0 amide bonds. The molecule has 1 aliphatic rings. The number of morpholine rings is 1. The number of nitrogens with one attached hydrogen (secondary N) is 1. The van der Waals surface area contributed by atoms with Crippen LogP contribution in [0.15, 0.2) is 0 Å². The first-order chi connectivity index (χ1) is 8.59. The fraction of sp³-hybridized carbons (Fsp3) is 0.692. The smallest absolute Gasteiger partial charge is 0.172 e. The molecule has 0 bridgehead atoms. The lowest BCUT2D eigenvalue weighted by Crippen LogP contribution is -3.14. The van der Waals surface area contributed by atoms with Crippen LogP contribution in [0.2, 0.25) is 0 Å². The second-order valence-electron chi connectivity index (χ2n) is 4.95. The summed E-state index contributed by atoms with van der Waals surface area (Å²) in [5.41, 5.74) is 2.62. The maximum absolute atomic E-state index is 12.2. The number of quaternary nitrogens is 1. The van der Waals surface area contributed by atoms with E-state index in [-0.39, 0.29) is 18.2 Å². The van der Waals surface area contributed by atoms with Crippen molar-refractivity contribution in [3.63, 3.8) is 0 Å². The zero-order valence-corrected chi connectivity index (χ0v) is 12.6. The SMILES string of the molecule is Cc1nn(C)c(C)c1C(=O)CC[NH+]1CCOCC1.[Cl-]. The van der Waals surface area contributed by atoms with Crippen LogP contribution >= 0.6 is 0 Å². The van der Waals surface area contributed by atoms with Gasteiger partial charge in [-0.1, -0.05) is 0 Å². The van der Waals surface area contributed by atoms with Gasteiger partial charge in [-0.3, -0.25) is 9.48 Å². The largest absolute Gasteiger partial charge is 1.00 e. The average Bonchev–Trinajstić information content (AvgIpc) is 2.62. The van der Waals surface area contributed by atoms with Crippen molar-refractivity contribution in [2.75, 3.05) is 32.8 Å². The zero-order valence-electron chi connectivity index (χ0n) is 11.8. The molecule has 0 radical (unpaired) electrons. The summed E-state index contributed by atoms with van der Waals surface area (Å²) in [5.74, 6) is 0.220. The summed E-state index contributed by atoms with van der Waals surface area (Å²) in [4.78, 5) is 13.7. The molecule has 0 saturated carbocycles. The van der Waals surface area contributed by atoms with Gasteiger partial charge in [0.15, 0.2) is 5.78 Å². The van der Waals surface area contributed by atoms with Gasteiger partial charge in [0.2, 0.25) is 0 Å². The third-order valence-electron chi connectivity index (χ3n) is 3.69. The van der Waals surface area contributed by atoms with E-state index in [0.29, 0.717) is 6.42 Å². The highest BCUT2D eigenvalue weighted by molar-refractivity contribution is 5.98. The Hall–Kier alpha value is -0.910. The fourth-order valence-electron chi connectivity index (χ4n) is 2.50. The van der Waals surface area contributed by atoms with E-state index < -0.39 is 0 Å². The standard InChI is InChI=1S/C13H21N3O2.ClH/c1-10-13(11(2)15(3)14-10)12(17)4-5-16-6-8-18-9-7-16;/h4-9H2,1-3H3;1H. The summed E-state index contributed by atoms with van der Waals surface area (Å²) in [6, 6.07) is 0. The molecule has 1 aromatic heterocycles. The van der Waals surface area contributed by atoms with Gasteiger partial charge in [-0.2, -0.15) is 5.10 Å². The van der Waals surface area contributed by atoms with Crippen LogP contribution in [0.4, 0.5) is 0 Å². The van der Waals surface area contributed by atoms with Crippen molar-refractivity contribution < 1.29 is 26.8 Å². The second kappa shape index (κ2) is 7.03. The molecule has 0 atom stereocenters. The van der Waals surface area contributed by atoms with E-state index in [1.165, 1.54) is 4.90 Å². The second-order valence-corrected chi connectivity index (χ2v) is 4.95. The molecule has 6 heteroatoms.